The van der Waals surface area contributed by atoms with Crippen molar-refractivity contribution in [3.05, 3.63) is 152 Å². The summed E-state index contributed by atoms with van der Waals surface area (Å²) in [4.78, 5) is 80.2. The Kier molecular flexibility index (Phi) is 25.1. The van der Waals surface area contributed by atoms with Crippen LogP contribution >= 0.6 is 0 Å². The molecule has 0 spiro atoms. The number of aromatic nitrogens is 9. The number of hydrogen-bond donors (Lipinski definition) is 17. The number of ether oxygens (including phenoxy) is 4. The fourth-order valence-corrected chi connectivity index (χ4v) is 12.3. The third kappa shape index (κ3) is 16.8. The standard InChI is InChI=1S/C18H18FN5O4.C18H19N5O4.C17H25N5O4.C15H25N5O4/c19-10-3-1-9(2-4-10)17(27)23-14-12(7-25)28-18(15(14)26)24-8-22-13-11(20)5-6-21-16(13)24;19-11-6-7-20-16-13(11)21-9-23(16)18-15(25)14(12(8-24)27-18)22-17(26)10-4-2-1-3-5-10;1-8(2)9(3)16(25)21-13-11(6-23)26-17(14(13)24)22-7-20-12-10(18)4-5-19-15(12)22;1-3-4-9(16)14(23)19-12-10(7-21)24-15(13(12)22)20-6-5-11(17)18-8(20)2/h1-6,8,12,14-15,18,25-26H,7H2,(H2,20,21)(H,23,27);1-7,9,12,14-15,18,24-25H,8H2,(H2,19,20)(H,22,26);4-5,7-9,11,13-14,17,23-24H,6H2,1-3H3,(H2,18,19)(H,21,25);5-6,9-10,12-13,15,21-22H,2-4,7,16H2,1H3,(H2,17,18)(H,19,23)/t2*12-,14?,15+,18-;9?,11-,13?,14+,17-;9?,10-,12?,13+,15-/m1111/s1. The maximum absolute atomic E-state index is 13.0. The highest BCUT2D eigenvalue weighted by atomic mass is 19.1. The van der Waals surface area contributed by atoms with E-state index < -0.39 is 122 Å². The van der Waals surface area contributed by atoms with Gasteiger partial charge < -0.3 is 115 Å². The zero-order valence-electron chi connectivity index (χ0n) is 57.5. The maximum Gasteiger partial charge on any atom is 0.251 e. The first-order valence-electron chi connectivity index (χ1n) is 33.6. The van der Waals surface area contributed by atoms with Crippen molar-refractivity contribution in [1.29, 1.82) is 0 Å². The highest BCUT2D eigenvalue weighted by Crippen LogP contribution is 2.37. The van der Waals surface area contributed by atoms with Crippen LogP contribution in [0.1, 0.15) is 79.9 Å². The third-order valence-electron chi connectivity index (χ3n) is 18.5. The number of halogens is 1. The van der Waals surface area contributed by atoms with E-state index in [9.17, 15) is 64.4 Å². The number of anilines is 3. The number of rotatable bonds is 19. The molecule has 4 amide bonds. The lowest BCUT2D eigenvalue weighted by atomic mass is 9.96. The van der Waals surface area contributed by atoms with Crippen LogP contribution in [0, 0.1) is 17.7 Å². The van der Waals surface area contributed by atoms with Crippen LogP contribution in [0.2, 0.25) is 0 Å². The second-order valence-electron chi connectivity index (χ2n) is 25.7. The van der Waals surface area contributed by atoms with Crippen molar-refractivity contribution in [1.82, 2.24) is 69.8 Å². The molecule has 18 atom stereocenters. The van der Waals surface area contributed by atoms with Gasteiger partial charge in [-0.05, 0) is 73.0 Å². The lowest BCUT2D eigenvalue weighted by molar-refractivity contribution is -0.127. The fraction of sp³-hybridized carbons (Fsp3) is 0.426. The molecule has 105 heavy (non-hydrogen) atoms. The van der Waals surface area contributed by atoms with Gasteiger partial charge in [0.1, 0.15) is 82.9 Å². The number of carbonyl (C=O) groups is 4. The minimum Gasteiger partial charge on any atom is -0.397 e. The summed E-state index contributed by atoms with van der Waals surface area (Å²) in [6, 6.07) is 14.6. The number of hydrogen-bond acceptors (Lipinski definition) is 29. The molecule has 6 aromatic heterocycles. The molecule has 0 saturated carbocycles. The van der Waals surface area contributed by atoms with Gasteiger partial charge in [0.05, 0.1) is 92.7 Å². The Balaban J connectivity index is 0.000000150. The SMILES string of the molecule is C=C1N=C(N)C=CN1[C@@H]1O[C@H](CO)C(NC(=O)C(N)CCC)[C@@H]1O.CC(C)C(C)C(=O)NC1[C@@H](CO)O[C@@H](n2cnc3c(N)ccnc32)[C@H]1O.Nc1ccnc2c1ncn2[C@@H]1O[C@H](CO)C(NC(=O)c2ccc(F)cc2)[C@@H]1O.Nc1ccnc2c1ncn2[C@@H]1O[C@H](CO)C(NC(=O)c2ccccc2)[C@@H]1O. The molecule has 6 unspecified atom stereocenters. The first kappa shape index (κ1) is 77.4. The van der Waals surface area contributed by atoms with Gasteiger partial charge in [-0.25, -0.2) is 39.3 Å². The lowest BCUT2D eigenvalue weighted by Crippen LogP contribution is -2.54. The highest BCUT2D eigenvalue weighted by Gasteiger charge is 2.50. The summed E-state index contributed by atoms with van der Waals surface area (Å²) >= 11 is 0. The van der Waals surface area contributed by atoms with Gasteiger partial charge in [-0.15, -0.1) is 0 Å². The summed E-state index contributed by atoms with van der Waals surface area (Å²) in [5, 5.41) is 92.2. The van der Waals surface area contributed by atoms with Crippen LogP contribution in [0.25, 0.3) is 33.5 Å². The molecule has 22 N–H and O–H groups in total. The molecular formula is C68H87FN20O16. The number of aliphatic imine (C=N–C) groups is 1. The Hall–Kier alpha value is -10.3. The zero-order chi connectivity index (χ0) is 75.7. The van der Waals surface area contributed by atoms with E-state index in [2.05, 4.69) is 62.7 Å². The number of nitrogens with zero attached hydrogens (tertiary/aromatic N) is 11. The molecule has 0 radical (unpaired) electrons. The molecule has 37 heteroatoms. The van der Waals surface area contributed by atoms with Crippen molar-refractivity contribution in [2.75, 3.05) is 43.6 Å². The Morgan fingerprint density at radius 3 is 1.29 bits per heavy atom. The summed E-state index contributed by atoms with van der Waals surface area (Å²) in [6.45, 7) is 9.92. The topological polar surface area (TPSA) is 553 Å². The van der Waals surface area contributed by atoms with Gasteiger partial charge in [-0.1, -0.05) is 58.9 Å². The number of benzene rings is 2. The fourth-order valence-electron chi connectivity index (χ4n) is 12.3. The Bertz CT molecular complexity index is 4400. The molecule has 8 aromatic rings. The molecule has 0 aliphatic carbocycles. The molecule has 36 nitrogen and oxygen atoms in total. The van der Waals surface area contributed by atoms with E-state index in [0.717, 1.165) is 18.6 Å². The largest absolute Gasteiger partial charge is 0.397 e. The van der Waals surface area contributed by atoms with Crippen LogP contribution in [0.5, 0.6) is 0 Å². The number of nitrogens with two attached hydrogens (primary N) is 5. The second kappa shape index (κ2) is 34.1. The summed E-state index contributed by atoms with van der Waals surface area (Å²) in [6.07, 6.45) is 2.27. The summed E-state index contributed by atoms with van der Waals surface area (Å²) in [7, 11) is 0. The van der Waals surface area contributed by atoms with Crippen molar-refractivity contribution in [2.24, 2.45) is 28.3 Å². The number of pyridine rings is 3. The normalized spacial score (nSPS) is 26.8. The number of aliphatic hydroxyl groups is 8. The summed E-state index contributed by atoms with van der Waals surface area (Å²) in [5.41, 5.74) is 33.9. The van der Waals surface area contributed by atoms with Crippen LogP contribution in [0.3, 0.4) is 0 Å². The van der Waals surface area contributed by atoms with E-state index in [1.807, 2.05) is 27.7 Å². The van der Waals surface area contributed by atoms with Gasteiger partial charge >= 0.3 is 0 Å². The Labute approximate surface area is 599 Å². The van der Waals surface area contributed by atoms with Crippen molar-refractivity contribution in [3.8, 4) is 0 Å². The number of carbonyl (C=O) groups excluding carboxylic acids is 4. The first-order valence-corrected chi connectivity index (χ1v) is 33.6. The van der Waals surface area contributed by atoms with Gasteiger partial charge in [0.15, 0.2) is 41.9 Å². The van der Waals surface area contributed by atoms with E-state index in [-0.39, 0.29) is 60.8 Å². The number of nitrogen functional groups attached to an aromatic ring is 3. The predicted octanol–water partition coefficient (Wildman–Crippen LogP) is -1.36. The van der Waals surface area contributed by atoms with Crippen LogP contribution < -0.4 is 49.9 Å². The van der Waals surface area contributed by atoms with Crippen LogP contribution in [-0.2, 0) is 28.5 Å². The molecule has 11 heterocycles. The number of fused-ring (bicyclic) bond motifs is 3. The van der Waals surface area contributed by atoms with Gasteiger partial charge in [0, 0.05) is 41.8 Å². The van der Waals surface area contributed by atoms with Crippen LogP contribution in [0.15, 0.2) is 140 Å². The third-order valence-corrected chi connectivity index (χ3v) is 18.5. The van der Waals surface area contributed by atoms with Gasteiger partial charge in [0.2, 0.25) is 11.8 Å². The molecule has 0 bridgehead atoms. The van der Waals surface area contributed by atoms with Crippen LogP contribution in [-0.4, -0.2) is 231 Å². The quantitative estimate of drug-likeness (QED) is 0.0444. The number of amidine groups is 1. The molecule has 5 aliphatic heterocycles. The minimum atomic E-state index is -1.19. The van der Waals surface area contributed by atoms with Gasteiger partial charge in [0.25, 0.3) is 11.8 Å². The molecular weight excluding hydrogens is 1370 g/mol. The van der Waals surface area contributed by atoms with Crippen molar-refractivity contribution in [2.45, 2.75) is 144 Å². The van der Waals surface area contributed by atoms with E-state index in [1.165, 1.54) is 53.0 Å². The lowest BCUT2D eigenvalue weighted by Gasteiger charge is -2.30. The summed E-state index contributed by atoms with van der Waals surface area (Å²) < 4.78 is 40.7. The summed E-state index contributed by atoms with van der Waals surface area (Å²) in [5.74, 6) is -1.41. The van der Waals surface area contributed by atoms with E-state index >= 15 is 0 Å². The molecule has 2 aromatic carbocycles. The number of nitrogens with one attached hydrogen (secondary N) is 4. The monoisotopic (exact) mass is 1460 g/mol. The Morgan fingerprint density at radius 1 is 0.533 bits per heavy atom. The zero-order valence-corrected chi connectivity index (χ0v) is 57.5. The van der Waals surface area contributed by atoms with Gasteiger partial charge in [-0.3, -0.25) is 32.9 Å². The smallest absolute Gasteiger partial charge is 0.251 e. The van der Waals surface area contributed by atoms with Crippen LogP contribution in [0.4, 0.5) is 21.5 Å². The van der Waals surface area contributed by atoms with E-state index in [4.69, 9.17) is 47.6 Å². The predicted molar refractivity (Wildman–Crippen MR) is 376 cm³/mol. The molecule has 4 saturated heterocycles. The second-order valence-corrected chi connectivity index (χ2v) is 25.7. The number of imidazole rings is 3. The molecule has 13 rings (SSSR count). The van der Waals surface area contributed by atoms with Gasteiger partial charge in [-0.2, -0.15) is 0 Å². The van der Waals surface area contributed by atoms with E-state index in [1.54, 1.807) is 76.1 Å². The number of amides is 4. The molecule has 4 fully saturated rings. The van der Waals surface area contributed by atoms with Crippen molar-refractivity contribution < 1.29 is 83.4 Å². The average molecular weight is 1460 g/mol. The first-order chi connectivity index (χ1) is 50.3. The highest BCUT2D eigenvalue weighted by molar-refractivity contribution is 5.95. The number of aliphatic hydroxyl groups excluding tert-OH is 8. The minimum absolute atomic E-state index is 0.155. The Morgan fingerprint density at radius 2 is 0.905 bits per heavy atom. The maximum atomic E-state index is 13.0. The average Bonchev–Trinajstić information content (AvgIpc) is 1.64. The van der Waals surface area contributed by atoms with Crippen molar-refractivity contribution in [3.63, 3.8) is 0 Å². The molecule has 562 valence electrons. The van der Waals surface area contributed by atoms with Crippen molar-refractivity contribution >= 4 is 80.0 Å². The van der Waals surface area contributed by atoms with E-state index in [0.29, 0.717) is 68.4 Å². The molecule has 5 aliphatic rings.